The van der Waals surface area contributed by atoms with E-state index >= 15 is 0 Å². The summed E-state index contributed by atoms with van der Waals surface area (Å²) in [5, 5.41) is 3.81. The maximum absolute atomic E-state index is 6.12. The van der Waals surface area contributed by atoms with E-state index in [2.05, 4.69) is 31.2 Å². The van der Waals surface area contributed by atoms with Gasteiger partial charge in [-0.2, -0.15) is 0 Å². The highest BCUT2D eigenvalue weighted by molar-refractivity contribution is 9.10. The first-order valence-electron chi connectivity index (χ1n) is 5.23. The number of benzene rings is 1. The molecular formula is C12H11BrClN3. The number of halogens is 2. The smallest absolute Gasteiger partial charge is 0.163 e. The van der Waals surface area contributed by atoms with Gasteiger partial charge in [0, 0.05) is 18.3 Å². The van der Waals surface area contributed by atoms with Crippen LogP contribution in [0, 0.1) is 0 Å². The fraction of sp³-hybridized carbons (Fsp3) is 0.167. The summed E-state index contributed by atoms with van der Waals surface area (Å²) in [5.74, 6) is 1.40. The van der Waals surface area contributed by atoms with E-state index in [9.17, 15) is 0 Å². The van der Waals surface area contributed by atoms with Gasteiger partial charge in [0.15, 0.2) is 5.82 Å². The average Bonchev–Trinajstić information content (AvgIpc) is 2.33. The number of aromatic nitrogens is 2. The molecule has 2 rings (SSSR count). The molecule has 88 valence electrons. The number of hydrogen-bond acceptors (Lipinski definition) is 3. The lowest BCUT2D eigenvalue weighted by Gasteiger charge is -2.08. The van der Waals surface area contributed by atoms with Gasteiger partial charge >= 0.3 is 0 Å². The van der Waals surface area contributed by atoms with Crippen molar-refractivity contribution in [3.05, 3.63) is 40.0 Å². The van der Waals surface area contributed by atoms with Crippen molar-refractivity contribution in [3.63, 3.8) is 0 Å². The van der Waals surface area contributed by atoms with Crippen molar-refractivity contribution in [2.45, 2.75) is 6.92 Å². The van der Waals surface area contributed by atoms with Gasteiger partial charge in [-0.1, -0.05) is 23.7 Å². The zero-order chi connectivity index (χ0) is 12.3. The molecule has 1 heterocycles. The van der Waals surface area contributed by atoms with Gasteiger partial charge in [-0.05, 0) is 35.0 Å². The van der Waals surface area contributed by atoms with E-state index in [-0.39, 0.29) is 0 Å². The average molecular weight is 313 g/mol. The molecule has 5 heteroatoms. The van der Waals surface area contributed by atoms with Gasteiger partial charge < -0.3 is 5.32 Å². The van der Waals surface area contributed by atoms with Crippen molar-refractivity contribution in [1.82, 2.24) is 9.97 Å². The van der Waals surface area contributed by atoms with Crippen LogP contribution < -0.4 is 5.32 Å². The van der Waals surface area contributed by atoms with Gasteiger partial charge in [-0.25, -0.2) is 9.97 Å². The minimum Gasteiger partial charge on any atom is -0.369 e. The molecule has 1 aromatic carbocycles. The van der Waals surface area contributed by atoms with Crippen LogP contribution in [-0.2, 0) is 0 Å². The van der Waals surface area contributed by atoms with Crippen molar-refractivity contribution in [3.8, 4) is 11.4 Å². The summed E-state index contributed by atoms with van der Waals surface area (Å²) in [4.78, 5) is 8.71. The SMILES string of the molecule is CCNc1nc(-c2ccccc2Cl)ncc1Br. The molecule has 0 aliphatic rings. The summed E-state index contributed by atoms with van der Waals surface area (Å²) in [6, 6.07) is 7.53. The molecule has 3 nitrogen and oxygen atoms in total. The fourth-order valence-corrected chi connectivity index (χ4v) is 1.98. The Morgan fingerprint density at radius 2 is 2.12 bits per heavy atom. The van der Waals surface area contributed by atoms with Crippen LogP contribution in [0.3, 0.4) is 0 Å². The Morgan fingerprint density at radius 3 is 2.82 bits per heavy atom. The number of rotatable bonds is 3. The minimum atomic E-state index is 0.620. The number of nitrogens with zero attached hydrogens (tertiary/aromatic N) is 2. The molecule has 0 atom stereocenters. The Bertz CT molecular complexity index is 531. The number of anilines is 1. The van der Waals surface area contributed by atoms with E-state index in [0.29, 0.717) is 10.8 Å². The van der Waals surface area contributed by atoms with E-state index in [0.717, 1.165) is 22.4 Å². The molecule has 1 N–H and O–H groups in total. The molecule has 0 aliphatic heterocycles. The Hall–Kier alpha value is -1.13. The van der Waals surface area contributed by atoms with Crippen LogP contribution in [0.15, 0.2) is 34.9 Å². The van der Waals surface area contributed by atoms with E-state index in [4.69, 9.17) is 11.6 Å². The van der Waals surface area contributed by atoms with Gasteiger partial charge in [0.2, 0.25) is 0 Å². The van der Waals surface area contributed by atoms with Crippen LogP contribution >= 0.6 is 27.5 Å². The monoisotopic (exact) mass is 311 g/mol. The second kappa shape index (κ2) is 5.47. The molecule has 0 fully saturated rings. The lowest BCUT2D eigenvalue weighted by molar-refractivity contribution is 1.10. The van der Waals surface area contributed by atoms with Crippen LogP contribution in [-0.4, -0.2) is 16.5 Å². The quantitative estimate of drug-likeness (QED) is 0.931. The summed E-state index contributed by atoms with van der Waals surface area (Å²) in [5.41, 5.74) is 0.834. The van der Waals surface area contributed by atoms with E-state index in [1.807, 2.05) is 31.2 Å². The molecule has 1 aromatic heterocycles. The third kappa shape index (κ3) is 2.76. The Balaban J connectivity index is 2.46. The van der Waals surface area contributed by atoms with E-state index in [1.54, 1.807) is 6.20 Å². The first kappa shape index (κ1) is 12.3. The maximum Gasteiger partial charge on any atom is 0.163 e. The fourth-order valence-electron chi connectivity index (χ4n) is 1.43. The second-order valence-corrected chi connectivity index (χ2v) is 4.66. The van der Waals surface area contributed by atoms with Gasteiger partial charge in [0.1, 0.15) is 5.82 Å². The molecule has 0 saturated carbocycles. The van der Waals surface area contributed by atoms with Crippen molar-refractivity contribution in [2.24, 2.45) is 0 Å². The lowest BCUT2D eigenvalue weighted by Crippen LogP contribution is -2.02. The highest BCUT2D eigenvalue weighted by atomic mass is 79.9. The lowest BCUT2D eigenvalue weighted by atomic mass is 10.2. The Labute approximate surface area is 113 Å². The van der Waals surface area contributed by atoms with Crippen LogP contribution in [0.25, 0.3) is 11.4 Å². The van der Waals surface area contributed by atoms with Crippen LogP contribution in [0.5, 0.6) is 0 Å². The van der Waals surface area contributed by atoms with Crippen LogP contribution in [0.4, 0.5) is 5.82 Å². The van der Waals surface area contributed by atoms with E-state index in [1.165, 1.54) is 0 Å². The molecule has 0 amide bonds. The van der Waals surface area contributed by atoms with Gasteiger partial charge in [-0.15, -0.1) is 0 Å². The highest BCUT2D eigenvalue weighted by Crippen LogP contribution is 2.27. The molecule has 0 radical (unpaired) electrons. The molecule has 2 aromatic rings. The third-order valence-corrected chi connectivity index (χ3v) is 3.11. The highest BCUT2D eigenvalue weighted by Gasteiger charge is 2.08. The first-order chi connectivity index (χ1) is 8.22. The molecule has 0 spiro atoms. The molecule has 0 saturated heterocycles. The molecule has 0 unspecified atom stereocenters. The first-order valence-corrected chi connectivity index (χ1v) is 6.40. The molecule has 0 bridgehead atoms. The summed E-state index contributed by atoms with van der Waals surface area (Å²) in [6.07, 6.45) is 1.73. The standard InChI is InChI=1S/C12H11BrClN3/c1-2-15-12-9(13)7-16-11(17-12)8-5-3-4-6-10(8)14/h3-7H,2H2,1H3,(H,15,16,17). The number of hydrogen-bond donors (Lipinski definition) is 1. The van der Waals surface area contributed by atoms with Crippen molar-refractivity contribution in [2.75, 3.05) is 11.9 Å². The summed E-state index contributed by atoms with van der Waals surface area (Å²) >= 11 is 9.52. The summed E-state index contributed by atoms with van der Waals surface area (Å²) < 4.78 is 0.843. The summed E-state index contributed by atoms with van der Waals surface area (Å²) in [6.45, 7) is 2.82. The minimum absolute atomic E-state index is 0.620. The predicted molar refractivity (Wildman–Crippen MR) is 74.3 cm³/mol. The third-order valence-electron chi connectivity index (χ3n) is 2.20. The Kier molecular flexibility index (Phi) is 3.97. The van der Waals surface area contributed by atoms with Gasteiger partial charge in [0.05, 0.1) is 9.50 Å². The second-order valence-electron chi connectivity index (χ2n) is 3.40. The van der Waals surface area contributed by atoms with Crippen LogP contribution in [0.1, 0.15) is 6.92 Å². The Morgan fingerprint density at radius 1 is 1.35 bits per heavy atom. The van der Waals surface area contributed by atoms with Gasteiger partial charge in [-0.3, -0.25) is 0 Å². The molecular weight excluding hydrogens is 302 g/mol. The van der Waals surface area contributed by atoms with Crippen molar-refractivity contribution in [1.29, 1.82) is 0 Å². The molecule has 0 aliphatic carbocycles. The van der Waals surface area contributed by atoms with Gasteiger partial charge in [0.25, 0.3) is 0 Å². The number of nitrogens with one attached hydrogen (secondary N) is 1. The largest absolute Gasteiger partial charge is 0.369 e. The van der Waals surface area contributed by atoms with Crippen molar-refractivity contribution >= 4 is 33.3 Å². The van der Waals surface area contributed by atoms with Crippen LogP contribution in [0.2, 0.25) is 5.02 Å². The summed E-state index contributed by atoms with van der Waals surface area (Å²) in [7, 11) is 0. The molecule has 17 heavy (non-hydrogen) atoms. The van der Waals surface area contributed by atoms with Crippen molar-refractivity contribution < 1.29 is 0 Å². The topological polar surface area (TPSA) is 37.8 Å². The zero-order valence-corrected chi connectivity index (χ0v) is 11.6. The predicted octanol–water partition coefficient (Wildman–Crippen LogP) is 3.99. The maximum atomic E-state index is 6.12. The van der Waals surface area contributed by atoms with E-state index < -0.39 is 0 Å². The normalized spacial score (nSPS) is 10.3. The zero-order valence-electron chi connectivity index (χ0n) is 9.24.